The normalized spacial score (nSPS) is 21.8. The topological polar surface area (TPSA) is 29.5 Å². The highest BCUT2D eigenvalue weighted by Gasteiger charge is 2.31. The third-order valence-corrected chi connectivity index (χ3v) is 4.08. The molecule has 1 aliphatic rings. The summed E-state index contributed by atoms with van der Waals surface area (Å²) in [5.41, 5.74) is 0.760. The van der Waals surface area contributed by atoms with E-state index in [2.05, 4.69) is 26.0 Å². The second-order valence-electron chi connectivity index (χ2n) is 5.40. The molecule has 0 saturated carbocycles. The lowest BCUT2D eigenvalue weighted by molar-refractivity contribution is 0.00790. The molecule has 0 aromatic heterocycles. The molecule has 2 heteroatoms. The number of hydrogen-bond donors (Lipinski definition) is 1. The Kier molecular flexibility index (Phi) is 4.28. The molecule has 1 N–H and O–H groups in total. The Balaban J connectivity index is 2.15. The maximum absolute atomic E-state index is 10.7. The fourth-order valence-electron chi connectivity index (χ4n) is 2.98. The first-order chi connectivity index (χ1) is 8.68. The van der Waals surface area contributed by atoms with Crippen LogP contribution >= 0.6 is 0 Å². The minimum Gasteiger partial charge on any atom is -0.493 e. The lowest BCUT2D eigenvalue weighted by atomic mass is 9.79. The summed E-state index contributed by atoms with van der Waals surface area (Å²) in [5, 5.41) is 10.7. The number of ether oxygens (including phenoxy) is 1. The summed E-state index contributed by atoms with van der Waals surface area (Å²) in [6, 6.07) is 8.25. The molecule has 0 aliphatic carbocycles. The third-order valence-electron chi connectivity index (χ3n) is 4.08. The molecule has 0 bridgehead atoms. The van der Waals surface area contributed by atoms with Crippen LogP contribution in [0.2, 0.25) is 0 Å². The summed E-state index contributed by atoms with van der Waals surface area (Å²) in [6.07, 6.45) is 4.64. The Morgan fingerprint density at radius 2 is 2.11 bits per heavy atom. The first-order valence-corrected chi connectivity index (χ1v) is 7.12. The zero-order chi connectivity index (χ0) is 13.0. The molecule has 2 rings (SSSR count). The van der Waals surface area contributed by atoms with Gasteiger partial charge in [0, 0.05) is 0 Å². The smallest absolute Gasteiger partial charge is 0.122 e. The first kappa shape index (κ1) is 13.4. The molecule has 100 valence electrons. The lowest BCUT2D eigenvalue weighted by Gasteiger charge is -2.34. The summed E-state index contributed by atoms with van der Waals surface area (Å²) in [5.74, 6) is 1.44. The first-order valence-electron chi connectivity index (χ1n) is 7.12. The molecule has 1 aromatic carbocycles. The van der Waals surface area contributed by atoms with E-state index in [4.69, 9.17) is 4.74 Å². The maximum Gasteiger partial charge on any atom is 0.122 e. The zero-order valence-electron chi connectivity index (χ0n) is 11.5. The van der Waals surface area contributed by atoms with Crippen LogP contribution in [0.1, 0.15) is 57.4 Å². The third kappa shape index (κ3) is 2.86. The summed E-state index contributed by atoms with van der Waals surface area (Å²) >= 11 is 0. The molecule has 2 nitrogen and oxygen atoms in total. The van der Waals surface area contributed by atoms with Crippen LogP contribution in [-0.2, 0) is 0 Å². The van der Waals surface area contributed by atoms with Gasteiger partial charge in [-0.25, -0.2) is 0 Å². The lowest BCUT2D eigenvalue weighted by Crippen LogP contribution is -2.31. The Bertz CT molecular complexity index is 388. The average Bonchev–Trinajstić information content (AvgIpc) is 2.39. The van der Waals surface area contributed by atoms with Gasteiger partial charge in [-0.2, -0.15) is 0 Å². The fraction of sp³-hybridized carbons (Fsp3) is 0.625. The number of para-hydroxylation sites is 1. The van der Waals surface area contributed by atoms with Gasteiger partial charge < -0.3 is 9.84 Å². The molecule has 1 heterocycles. The predicted octanol–water partition coefficient (Wildman–Crippen LogP) is 3.88. The van der Waals surface area contributed by atoms with Crippen molar-refractivity contribution >= 4 is 0 Å². The number of benzene rings is 1. The van der Waals surface area contributed by atoms with Gasteiger partial charge in [-0.3, -0.25) is 0 Å². The van der Waals surface area contributed by atoms with Gasteiger partial charge in [-0.05, 0) is 43.2 Å². The molecule has 1 aromatic rings. The molecule has 0 fully saturated rings. The van der Waals surface area contributed by atoms with Crippen molar-refractivity contribution in [1.82, 2.24) is 0 Å². The molecule has 2 unspecified atom stereocenters. The van der Waals surface area contributed by atoms with Gasteiger partial charge in [0.2, 0.25) is 0 Å². The zero-order valence-corrected chi connectivity index (χ0v) is 11.5. The van der Waals surface area contributed by atoms with Gasteiger partial charge in [0.25, 0.3) is 0 Å². The van der Waals surface area contributed by atoms with Gasteiger partial charge in [0.15, 0.2) is 0 Å². The Labute approximate surface area is 110 Å². The van der Waals surface area contributed by atoms with Gasteiger partial charge in [-0.15, -0.1) is 0 Å². The number of fused-ring (bicyclic) bond motifs is 1. The molecule has 0 radical (unpaired) electrons. The van der Waals surface area contributed by atoms with Gasteiger partial charge in [0.05, 0.1) is 12.2 Å². The molecule has 0 amide bonds. The van der Waals surface area contributed by atoms with E-state index in [-0.39, 0.29) is 0 Å². The van der Waals surface area contributed by atoms with Crippen LogP contribution in [0.15, 0.2) is 24.3 Å². The molecule has 18 heavy (non-hydrogen) atoms. The Morgan fingerprint density at radius 1 is 1.33 bits per heavy atom. The minimum atomic E-state index is -0.510. The van der Waals surface area contributed by atoms with Crippen LogP contribution in [0, 0.1) is 0 Å². The van der Waals surface area contributed by atoms with E-state index >= 15 is 0 Å². The molecule has 0 saturated heterocycles. The van der Waals surface area contributed by atoms with Crippen molar-refractivity contribution in [3.8, 4) is 5.75 Å². The highest BCUT2D eigenvalue weighted by molar-refractivity contribution is 5.37. The van der Waals surface area contributed by atoms with E-state index in [1.165, 1.54) is 5.56 Å². The molecule has 0 spiro atoms. The summed E-state index contributed by atoms with van der Waals surface area (Å²) < 4.78 is 5.68. The van der Waals surface area contributed by atoms with Crippen molar-refractivity contribution in [2.75, 3.05) is 6.61 Å². The van der Waals surface area contributed by atoms with Crippen LogP contribution in [-0.4, -0.2) is 17.3 Å². The molecular formula is C16H24O2. The van der Waals surface area contributed by atoms with E-state index in [1.54, 1.807) is 0 Å². The standard InChI is InChI=1S/C16H24O2/c1-3-10-16(17,4-2)12-13-9-11-18-15-8-6-5-7-14(13)15/h5-8,13,17H,3-4,9-12H2,1-2H3. The van der Waals surface area contributed by atoms with Gasteiger partial charge in [-0.1, -0.05) is 38.5 Å². The van der Waals surface area contributed by atoms with E-state index in [9.17, 15) is 5.11 Å². The Morgan fingerprint density at radius 3 is 2.83 bits per heavy atom. The second-order valence-corrected chi connectivity index (χ2v) is 5.40. The van der Waals surface area contributed by atoms with E-state index < -0.39 is 5.60 Å². The van der Waals surface area contributed by atoms with E-state index in [0.717, 1.165) is 44.5 Å². The Hall–Kier alpha value is -1.02. The van der Waals surface area contributed by atoms with Crippen LogP contribution in [0.5, 0.6) is 5.75 Å². The highest BCUT2D eigenvalue weighted by Crippen LogP contribution is 2.40. The second kappa shape index (κ2) is 5.75. The molecular weight excluding hydrogens is 224 g/mol. The predicted molar refractivity (Wildman–Crippen MR) is 74.1 cm³/mol. The van der Waals surface area contributed by atoms with Gasteiger partial charge in [0.1, 0.15) is 5.75 Å². The number of hydrogen-bond acceptors (Lipinski definition) is 2. The number of rotatable bonds is 5. The van der Waals surface area contributed by atoms with Crippen LogP contribution < -0.4 is 4.74 Å². The van der Waals surface area contributed by atoms with Crippen molar-refractivity contribution < 1.29 is 9.84 Å². The molecule has 2 atom stereocenters. The van der Waals surface area contributed by atoms with Crippen molar-refractivity contribution in [1.29, 1.82) is 0 Å². The van der Waals surface area contributed by atoms with E-state index in [1.807, 2.05) is 12.1 Å². The average molecular weight is 248 g/mol. The van der Waals surface area contributed by atoms with Crippen LogP contribution in [0.25, 0.3) is 0 Å². The molecule has 1 aliphatic heterocycles. The number of aliphatic hydroxyl groups is 1. The van der Waals surface area contributed by atoms with Gasteiger partial charge >= 0.3 is 0 Å². The largest absolute Gasteiger partial charge is 0.493 e. The van der Waals surface area contributed by atoms with E-state index in [0.29, 0.717) is 5.92 Å². The minimum absolute atomic E-state index is 0.437. The monoisotopic (exact) mass is 248 g/mol. The fourth-order valence-corrected chi connectivity index (χ4v) is 2.98. The maximum atomic E-state index is 10.7. The summed E-state index contributed by atoms with van der Waals surface area (Å²) in [7, 11) is 0. The quantitative estimate of drug-likeness (QED) is 0.856. The van der Waals surface area contributed by atoms with Crippen LogP contribution in [0.3, 0.4) is 0 Å². The van der Waals surface area contributed by atoms with Crippen molar-refractivity contribution in [3.63, 3.8) is 0 Å². The van der Waals surface area contributed by atoms with Crippen LogP contribution in [0.4, 0.5) is 0 Å². The van der Waals surface area contributed by atoms with Crippen molar-refractivity contribution in [2.24, 2.45) is 0 Å². The summed E-state index contributed by atoms with van der Waals surface area (Å²) in [4.78, 5) is 0. The van der Waals surface area contributed by atoms with Crippen molar-refractivity contribution in [2.45, 2.75) is 57.5 Å². The van der Waals surface area contributed by atoms with Crippen molar-refractivity contribution in [3.05, 3.63) is 29.8 Å². The SMILES string of the molecule is CCCC(O)(CC)CC1CCOc2ccccc21. The summed E-state index contributed by atoms with van der Waals surface area (Å²) in [6.45, 7) is 4.99. The highest BCUT2D eigenvalue weighted by atomic mass is 16.5.